The van der Waals surface area contributed by atoms with E-state index in [1.54, 1.807) is 0 Å². The zero-order chi connectivity index (χ0) is 23.7. The van der Waals surface area contributed by atoms with Crippen molar-refractivity contribution in [2.45, 2.75) is 63.3 Å². The van der Waals surface area contributed by atoms with Crippen LogP contribution in [0.4, 0.5) is 4.79 Å². The second-order valence-corrected chi connectivity index (χ2v) is 9.57. The topological polar surface area (TPSA) is 84.7 Å². The zero-order valence-electron chi connectivity index (χ0n) is 19.4. The minimum Gasteiger partial charge on any atom is -0.444 e. The number of amides is 2. The third-order valence-corrected chi connectivity index (χ3v) is 6.80. The summed E-state index contributed by atoms with van der Waals surface area (Å²) < 4.78 is 11.3. The number of benzene rings is 2. The molecule has 0 radical (unpaired) electrons. The van der Waals surface area contributed by atoms with Crippen molar-refractivity contribution < 1.29 is 18.7 Å². The summed E-state index contributed by atoms with van der Waals surface area (Å²) in [5.41, 5.74) is 1.58. The summed E-state index contributed by atoms with van der Waals surface area (Å²) >= 11 is 0. The van der Waals surface area contributed by atoms with E-state index in [2.05, 4.69) is 22.4 Å². The van der Waals surface area contributed by atoms with Crippen LogP contribution in [0.1, 0.15) is 61.6 Å². The Hall–Kier alpha value is -3.61. The van der Waals surface area contributed by atoms with E-state index in [1.165, 1.54) is 6.26 Å². The van der Waals surface area contributed by atoms with Crippen LogP contribution in [-0.4, -0.2) is 39.6 Å². The monoisotopic (exact) mass is 459 g/mol. The highest BCUT2D eigenvalue weighted by Gasteiger charge is 2.51. The predicted octanol–water partition coefficient (Wildman–Crippen LogP) is 5.35. The average Bonchev–Trinajstić information content (AvgIpc) is 3.43. The van der Waals surface area contributed by atoms with Crippen LogP contribution in [0.15, 0.2) is 71.3 Å². The minimum absolute atomic E-state index is 0.0300. The molecule has 1 N–H and O–H groups in total. The van der Waals surface area contributed by atoms with Gasteiger partial charge in [-0.1, -0.05) is 48.5 Å². The van der Waals surface area contributed by atoms with Gasteiger partial charge in [-0.25, -0.2) is 9.78 Å². The highest BCUT2D eigenvalue weighted by Crippen LogP contribution is 2.44. The van der Waals surface area contributed by atoms with Crippen LogP contribution >= 0.6 is 0 Å². The van der Waals surface area contributed by atoms with Gasteiger partial charge in [0.15, 0.2) is 5.69 Å². The maximum atomic E-state index is 12.9. The largest absolute Gasteiger partial charge is 0.444 e. The van der Waals surface area contributed by atoms with Gasteiger partial charge in [0, 0.05) is 17.6 Å². The molecular weight excluding hydrogens is 430 g/mol. The molecule has 176 valence electrons. The Morgan fingerprint density at radius 3 is 2.32 bits per heavy atom. The summed E-state index contributed by atoms with van der Waals surface area (Å²) in [6.45, 7) is 3.94. The van der Waals surface area contributed by atoms with Gasteiger partial charge < -0.3 is 14.5 Å². The zero-order valence-corrected chi connectivity index (χ0v) is 19.4. The first-order valence-electron chi connectivity index (χ1n) is 11.8. The molecule has 2 aliphatic rings. The number of hydrogen-bond donors (Lipinski definition) is 1. The molecule has 7 nitrogen and oxygen atoms in total. The first-order valence-corrected chi connectivity index (χ1v) is 11.8. The normalized spacial score (nSPS) is 24.0. The fourth-order valence-corrected chi connectivity index (χ4v) is 5.18. The number of rotatable bonds is 5. The average molecular weight is 460 g/mol. The van der Waals surface area contributed by atoms with Gasteiger partial charge >= 0.3 is 6.09 Å². The number of carbonyl (C=O) groups excluding carboxylic acids is 2. The van der Waals surface area contributed by atoms with Crippen LogP contribution in [0, 0.1) is 0 Å². The molecule has 7 heteroatoms. The first-order chi connectivity index (χ1) is 16.4. The molecule has 2 aromatic carbocycles. The Morgan fingerprint density at radius 1 is 1.00 bits per heavy atom. The quantitative estimate of drug-likeness (QED) is 0.556. The molecule has 34 heavy (non-hydrogen) atoms. The molecular formula is C27H29N3O4. The van der Waals surface area contributed by atoms with Crippen molar-refractivity contribution >= 4 is 12.0 Å². The Kier molecular flexibility index (Phi) is 5.86. The number of cyclic esters (lactones) is 1. The van der Waals surface area contributed by atoms with Gasteiger partial charge in [0.2, 0.25) is 5.89 Å². The molecule has 3 aromatic rings. The summed E-state index contributed by atoms with van der Waals surface area (Å²) in [6.07, 6.45) is 4.30. The molecule has 0 spiro atoms. The summed E-state index contributed by atoms with van der Waals surface area (Å²) in [5, 5.41) is 3.09. The van der Waals surface area contributed by atoms with E-state index in [4.69, 9.17) is 9.15 Å². The van der Waals surface area contributed by atoms with E-state index in [0.717, 1.165) is 36.8 Å². The van der Waals surface area contributed by atoms with Gasteiger partial charge in [-0.05, 0) is 57.2 Å². The minimum atomic E-state index is -0.604. The fourth-order valence-electron chi connectivity index (χ4n) is 5.18. The van der Waals surface area contributed by atoms with Gasteiger partial charge in [0.1, 0.15) is 11.9 Å². The van der Waals surface area contributed by atoms with Crippen molar-refractivity contribution in [1.82, 2.24) is 15.2 Å². The van der Waals surface area contributed by atoms with Crippen molar-refractivity contribution in [3.63, 3.8) is 0 Å². The third kappa shape index (κ3) is 4.30. The first kappa shape index (κ1) is 22.2. The Labute approximate surface area is 199 Å². The Balaban J connectivity index is 1.22. The van der Waals surface area contributed by atoms with Crippen LogP contribution in [0.2, 0.25) is 0 Å². The highest BCUT2D eigenvalue weighted by molar-refractivity contribution is 5.92. The van der Waals surface area contributed by atoms with Gasteiger partial charge in [0.25, 0.3) is 5.91 Å². The second kappa shape index (κ2) is 8.97. The van der Waals surface area contributed by atoms with E-state index in [1.807, 2.05) is 67.3 Å². The van der Waals surface area contributed by atoms with Crippen molar-refractivity contribution in [3.8, 4) is 11.5 Å². The molecule has 1 aromatic heterocycles. The van der Waals surface area contributed by atoms with E-state index in [-0.39, 0.29) is 35.8 Å². The van der Waals surface area contributed by atoms with Gasteiger partial charge in [-0.2, -0.15) is 0 Å². The molecule has 2 fully saturated rings. The van der Waals surface area contributed by atoms with Crippen LogP contribution in [0.25, 0.3) is 11.5 Å². The Morgan fingerprint density at radius 2 is 1.65 bits per heavy atom. The second-order valence-electron chi connectivity index (χ2n) is 9.57. The third-order valence-electron chi connectivity index (χ3n) is 6.80. The summed E-state index contributed by atoms with van der Waals surface area (Å²) in [6, 6.07) is 19.5. The number of ether oxygens (including phenoxy) is 1. The highest BCUT2D eigenvalue weighted by atomic mass is 16.6. The predicted molar refractivity (Wildman–Crippen MR) is 127 cm³/mol. The van der Waals surface area contributed by atoms with Crippen molar-refractivity contribution in [1.29, 1.82) is 0 Å². The molecule has 1 saturated heterocycles. The van der Waals surface area contributed by atoms with Gasteiger partial charge in [0.05, 0.1) is 6.04 Å². The van der Waals surface area contributed by atoms with Crippen LogP contribution in [0.3, 0.4) is 0 Å². The van der Waals surface area contributed by atoms with E-state index < -0.39 is 5.60 Å². The summed E-state index contributed by atoms with van der Waals surface area (Å²) in [5.74, 6) is 0.190. The number of hydrogen-bond acceptors (Lipinski definition) is 5. The van der Waals surface area contributed by atoms with Crippen LogP contribution in [0.5, 0.6) is 0 Å². The van der Waals surface area contributed by atoms with Gasteiger partial charge in [-0.3, -0.25) is 9.69 Å². The lowest BCUT2D eigenvalue weighted by Gasteiger charge is -2.38. The summed E-state index contributed by atoms with van der Waals surface area (Å²) in [7, 11) is 0. The lowest BCUT2D eigenvalue weighted by Crippen LogP contribution is -2.46. The maximum Gasteiger partial charge on any atom is 0.411 e. The maximum absolute atomic E-state index is 12.9. The number of aromatic nitrogens is 1. The number of nitrogens with zero attached hydrogens (tertiary/aromatic N) is 2. The number of nitrogens with one attached hydrogen (secondary N) is 1. The van der Waals surface area contributed by atoms with Crippen LogP contribution in [-0.2, 0) is 4.74 Å². The standard InChI is InChI=1S/C27H29N3O4/c1-27(2)23(18-9-5-3-6-10-18)30(26(32)34-27)21-15-13-20(14-16-21)28-24(31)22-17-33-25(29-22)19-11-7-4-8-12-19/h3-12,17,20-21,23H,13-16H2,1-2H3,(H,28,31)/t20?,21?,23-/m0/s1. The van der Waals surface area contributed by atoms with Crippen molar-refractivity contribution in [3.05, 3.63) is 78.2 Å². The molecule has 1 aliphatic carbocycles. The van der Waals surface area contributed by atoms with Crippen LogP contribution < -0.4 is 5.32 Å². The van der Waals surface area contributed by atoms with E-state index >= 15 is 0 Å². The van der Waals surface area contributed by atoms with Crippen molar-refractivity contribution in [2.75, 3.05) is 0 Å². The SMILES string of the molecule is CC1(C)OC(=O)N(C2CCC(NC(=O)c3coc(-c4ccccc4)n3)CC2)[C@H]1c1ccccc1. The van der Waals surface area contributed by atoms with Gasteiger partial charge in [-0.15, -0.1) is 0 Å². The van der Waals surface area contributed by atoms with E-state index in [9.17, 15) is 9.59 Å². The molecule has 2 heterocycles. The number of carbonyl (C=O) groups is 2. The lowest BCUT2D eigenvalue weighted by atomic mass is 9.86. The smallest absolute Gasteiger partial charge is 0.411 e. The molecule has 0 unspecified atom stereocenters. The molecule has 1 aliphatic heterocycles. The molecule has 2 amide bonds. The molecule has 0 bridgehead atoms. The van der Waals surface area contributed by atoms with Crippen molar-refractivity contribution in [2.24, 2.45) is 0 Å². The molecule has 5 rings (SSSR count). The summed E-state index contributed by atoms with van der Waals surface area (Å²) in [4.78, 5) is 31.9. The Bertz CT molecular complexity index is 1150. The molecule has 1 atom stereocenters. The lowest BCUT2D eigenvalue weighted by molar-refractivity contribution is 0.0663. The number of oxazole rings is 1. The molecule has 1 saturated carbocycles. The van der Waals surface area contributed by atoms with E-state index in [0.29, 0.717) is 5.89 Å². The fraction of sp³-hybridized carbons (Fsp3) is 0.370.